The molecule has 0 saturated carbocycles. The van der Waals surface area contributed by atoms with Gasteiger partial charge in [0.2, 0.25) is 0 Å². The van der Waals surface area contributed by atoms with Crippen molar-refractivity contribution in [3.8, 4) is 0 Å². The summed E-state index contributed by atoms with van der Waals surface area (Å²) in [4.78, 5) is 35.9. The molecule has 0 aromatic rings. The minimum Gasteiger partial charge on any atom is -0.455 e. The van der Waals surface area contributed by atoms with E-state index in [-0.39, 0.29) is 5.57 Å². The Bertz CT molecular complexity index is 644. The number of halogens is 3. The van der Waals surface area contributed by atoms with Crippen LogP contribution >= 0.6 is 0 Å². The molecule has 138 valence electrons. The van der Waals surface area contributed by atoms with E-state index in [0.717, 1.165) is 0 Å². The van der Waals surface area contributed by atoms with Crippen LogP contribution in [0, 0.1) is 11.8 Å². The molecule has 0 aliphatic carbocycles. The van der Waals surface area contributed by atoms with Gasteiger partial charge in [-0.2, -0.15) is 13.2 Å². The van der Waals surface area contributed by atoms with E-state index in [1.807, 2.05) is 0 Å². The monoisotopic (exact) mass is 364 g/mol. The Labute approximate surface area is 140 Å². The number of carbonyl (C=O) groups is 3. The molecule has 25 heavy (non-hydrogen) atoms. The van der Waals surface area contributed by atoms with E-state index in [2.05, 4.69) is 11.3 Å². The van der Waals surface area contributed by atoms with Gasteiger partial charge in [0.15, 0.2) is 18.3 Å². The average molecular weight is 364 g/mol. The number of fused-ring (bicyclic) bond motifs is 1. The summed E-state index contributed by atoms with van der Waals surface area (Å²) in [6.07, 6.45) is -11.0. The summed E-state index contributed by atoms with van der Waals surface area (Å²) in [6.45, 7) is 5.50. The lowest BCUT2D eigenvalue weighted by Gasteiger charge is -2.28. The zero-order valence-electron chi connectivity index (χ0n) is 13.2. The molecule has 3 aliphatic heterocycles. The molecule has 3 heterocycles. The van der Waals surface area contributed by atoms with Crippen LogP contribution in [-0.4, -0.2) is 54.6 Å². The fourth-order valence-corrected chi connectivity index (χ4v) is 3.28. The van der Waals surface area contributed by atoms with Gasteiger partial charge >= 0.3 is 24.1 Å². The van der Waals surface area contributed by atoms with E-state index in [1.54, 1.807) is 0 Å². The highest BCUT2D eigenvalue weighted by atomic mass is 19.4. The Balaban J connectivity index is 1.80. The lowest BCUT2D eigenvalue weighted by Crippen LogP contribution is -2.49. The second-order valence-corrected chi connectivity index (χ2v) is 6.29. The summed E-state index contributed by atoms with van der Waals surface area (Å²) < 4.78 is 58.0. The maximum Gasteiger partial charge on any atom is 0.425 e. The lowest BCUT2D eigenvalue weighted by molar-refractivity contribution is -0.220. The van der Waals surface area contributed by atoms with Crippen molar-refractivity contribution in [1.82, 2.24) is 0 Å². The Hall–Kier alpha value is -2.10. The third kappa shape index (κ3) is 2.78. The predicted molar refractivity (Wildman–Crippen MR) is 71.8 cm³/mol. The number of rotatable bonds is 4. The van der Waals surface area contributed by atoms with Crippen molar-refractivity contribution in [2.24, 2.45) is 11.8 Å². The van der Waals surface area contributed by atoms with Crippen LogP contribution in [0.15, 0.2) is 12.2 Å². The summed E-state index contributed by atoms with van der Waals surface area (Å²) in [5, 5.41) is 0. The van der Waals surface area contributed by atoms with Crippen LogP contribution in [0.3, 0.4) is 0 Å². The van der Waals surface area contributed by atoms with Gasteiger partial charge in [0.05, 0.1) is 0 Å². The number of alkyl halides is 3. The first-order valence-electron chi connectivity index (χ1n) is 7.52. The molecule has 0 amide bonds. The summed E-state index contributed by atoms with van der Waals surface area (Å²) in [6, 6.07) is 0. The first-order chi connectivity index (χ1) is 11.5. The molecule has 3 rings (SSSR count). The zero-order valence-corrected chi connectivity index (χ0v) is 13.2. The van der Waals surface area contributed by atoms with Crippen molar-refractivity contribution in [2.75, 3.05) is 0 Å². The number of hydrogen-bond donors (Lipinski definition) is 0. The lowest BCUT2D eigenvalue weighted by atomic mass is 9.78. The topological polar surface area (TPSA) is 88.1 Å². The Morgan fingerprint density at radius 2 is 1.88 bits per heavy atom. The summed E-state index contributed by atoms with van der Waals surface area (Å²) in [7, 11) is 0. The molecule has 7 unspecified atom stereocenters. The molecular weight excluding hydrogens is 349 g/mol. The van der Waals surface area contributed by atoms with Gasteiger partial charge in [0, 0.05) is 5.57 Å². The highest BCUT2D eigenvalue weighted by molar-refractivity contribution is 5.89. The van der Waals surface area contributed by atoms with E-state index < -0.39 is 66.4 Å². The molecule has 0 aromatic carbocycles. The molecule has 3 saturated heterocycles. The number of hydrogen-bond acceptors (Lipinski definition) is 7. The first kappa shape index (κ1) is 17.7. The van der Waals surface area contributed by atoms with Crippen LogP contribution in [-0.2, 0) is 33.3 Å². The van der Waals surface area contributed by atoms with Gasteiger partial charge in [0.25, 0.3) is 0 Å². The predicted octanol–water partition coefficient (Wildman–Crippen LogP) is 0.907. The third-order valence-corrected chi connectivity index (χ3v) is 4.52. The number of esters is 3. The Kier molecular flexibility index (Phi) is 4.05. The Morgan fingerprint density at radius 1 is 1.24 bits per heavy atom. The maximum absolute atomic E-state index is 12.6. The maximum atomic E-state index is 12.6. The summed E-state index contributed by atoms with van der Waals surface area (Å²) >= 11 is 0. The van der Waals surface area contributed by atoms with Crippen LogP contribution in [0.2, 0.25) is 0 Å². The quantitative estimate of drug-likeness (QED) is 0.416. The smallest absolute Gasteiger partial charge is 0.425 e. The van der Waals surface area contributed by atoms with Gasteiger partial charge in [-0.15, -0.1) is 0 Å². The molecular formula is C15H15F3O7. The fraction of sp³-hybridized carbons (Fsp3) is 0.667. The van der Waals surface area contributed by atoms with E-state index in [4.69, 9.17) is 14.2 Å². The molecule has 0 aromatic heterocycles. The normalized spacial score (nSPS) is 36.8. The molecule has 10 heteroatoms. The minimum atomic E-state index is -4.74. The van der Waals surface area contributed by atoms with Crippen molar-refractivity contribution in [3.05, 3.63) is 12.2 Å². The van der Waals surface area contributed by atoms with Crippen LogP contribution in [0.1, 0.15) is 13.8 Å². The van der Waals surface area contributed by atoms with Gasteiger partial charge in [0.1, 0.15) is 24.0 Å². The van der Waals surface area contributed by atoms with E-state index in [1.165, 1.54) is 6.92 Å². The van der Waals surface area contributed by atoms with Gasteiger partial charge < -0.3 is 18.9 Å². The zero-order chi connectivity index (χ0) is 18.7. The summed E-state index contributed by atoms with van der Waals surface area (Å²) in [5.74, 6) is -5.20. The van der Waals surface area contributed by atoms with Gasteiger partial charge in [-0.25, -0.2) is 4.79 Å². The highest BCUT2D eigenvalue weighted by Crippen LogP contribution is 2.51. The molecule has 0 radical (unpaired) electrons. The van der Waals surface area contributed by atoms with Gasteiger partial charge in [-0.1, -0.05) is 6.58 Å². The Morgan fingerprint density at radius 3 is 2.44 bits per heavy atom. The van der Waals surface area contributed by atoms with Crippen molar-refractivity contribution in [1.29, 1.82) is 0 Å². The largest absolute Gasteiger partial charge is 0.455 e. The summed E-state index contributed by atoms with van der Waals surface area (Å²) in [5.41, 5.74) is 0.0773. The van der Waals surface area contributed by atoms with Gasteiger partial charge in [-0.05, 0) is 13.8 Å². The average Bonchev–Trinajstić information content (AvgIpc) is 3.09. The van der Waals surface area contributed by atoms with Crippen molar-refractivity contribution in [3.63, 3.8) is 0 Å². The number of ether oxygens (including phenoxy) is 4. The van der Waals surface area contributed by atoms with E-state index in [0.29, 0.717) is 6.92 Å². The molecule has 3 fully saturated rings. The molecule has 7 atom stereocenters. The molecule has 2 bridgehead atoms. The second-order valence-electron chi connectivity index (χ2n) is 6.29. The standard InChI is InChI=1S/C15H15F3O7/c1-4(2)12(19)24-10-8-6(13(20)22-5(3)15(16,17)18)7-9(23-8)11(10)25-14(7)21/h5-11H,1H2,2-3H3. The van der Waals surface area contributed by atoms with Crippen LogP contribution in [0.25, 0.3) is 0 Å². The van der Waals surface area contributed by atoms with Gasteiger partial charge in [-0.3, -0.25) is 9.59 Å². The second kappa shape index (κ2) is 5.72. The van der Waals surface area contributed by atoms with Crippen molar-refractivity contribution >= 4 is 17.9 Å². The third-order valence-electron chi connectivity index (χ3n) is 4.52. The van der Waals surface area contributed by atoms with Crippen LogP contribution in [0.5, 0.6) is 0 Å². The van der Waals surface area contributed by atoms with Crippen LogP contribution in [0.4, 0.5) is 13.2 Å². The molecule has 0 N–H and O–H groups in total. The van der Waals surface area contributed by atoms with E-state index >= 15 is 0 Å². The molecule has 7 nitrogen and oxygen atoms in total. The minimum absolute atomic E-state index is 0.0773. The fourth-order valence-electron chi connectivity index (χ4n) is 3.28. The van der Waals surface area contributed by atoms with Crippen molar-refractivity contribution in [2.45, 2.75) is 50.5 Å². The molecule has 0 spiro atoms. The van der Waals surface area contributed by atoms with E-state index in [9.17, 15) is 27.6 Å². The van der Waals surface area contributed by atoms with Crippen molar-refractivity contribution < 1.29 is 46.5 Å². The van der Waals surface area contributed by atoms with Crippen LogP contribution < -0.4 is 0 Å². The first-order valence-corrected chi connectivity index (χ1v) is 7.52. The SMILES string of the molecule is C=C(C)C(=O)OC1C2OC(=O)C3C2OC1C3C(=O)OC(C)C(F)(F)F. The molecule has 3 aliphatic rings. The highest BCUT2D eigenvalue weighted by Gasteiger charge is 2.72. The number of carbonyl (C=O) groups excluding carboxylic acids is 3.